The molecule has 2 rings (SSSR count). The van der Waals surface area contributed by atoms with Crippen molar-refractivity contribution in [3.63, 3.8) is 0 Å². The van der Waals surface area contributed by atoms with E-state index in [0.29, 0.717) is 19.1 Å². The Morgan fingerprint density at radius 1 is 1.32 bits per heavy atom. The van der Waals surface area contributed by atoms with Gasteiger partial charge in [-0.05, 0) is 45.4 Å². The van der Waals surface area contributed by atoms with Crippen LogP contribution in [0.3, 0.4) is 0 Å². The molecule has 5 nitrogen and oxygen atoms in total. The average Bonchev–Trinajstić information content (AvgIpc) is 2.97. The van der Waals surface area contributed by atoms with E-state index in [2.05, 4.69) is 18.0 Å². The Morgan fingerprint density at radius 2 is 2.04 bits per heavy atom. The van der Waals surface area contributed by atoms with E-state index in [9.17, 15) is 9.59 Å². The highest BCUT2D eigenvalue weighted by Gasteiger charge is 2.33. The van der Waals surface area contributed by atoms with E-state index in [1.807, 2.05) is 40.1 Å². The molecule has 1 amide bonds. The number of amides is 1. The monoisotopic (exact) mass is 348 g/mol. The van der Waals surface area contributed by atoms with Crippen molar-refractivity contribution in [3.05, 3.63) is 24.0 Å². The number of hydrogen-bond acceptors (Lipinski definition) is 4. The van der Waals surface area contributed by atoms with Gasteiger partial charge in [0.15, 0.2) is 0 Å². The Bertz CT molecular complexity index is 560. The Balaban J connectivity index is 2.18. The van der Waals surface area contributed by atoms with Crippen molar-refractivity contribution in [2.24, 2.45) is 11.3 Å². The summed E-state index contributed by atoms with van der Waals surface area (Å²) >= 11 is 0. The van der Waals surface area contributed by atoms with Gasteiger partial charge in [0.1, 0.15) is 0 Å². The maximum atomic E-state index is 12.7. The van der Waals surface area contributed by atoms with Gasteiger partial charge in [-0.15, -0.1) is 0 Å². The van der Waals surface area contributed by atoms with Crippen molar-refractivity contribution in [2.45, 2.75) is 59.4 Å². The van der Waals surface area contributed by atoms with Crippen LogP contribution in [0.1, 0.15) is 53.4 Å². The van der Waals surface area contributed by atoms with Crippen molar-refractivity contribution >= 4 is 11.9 Å². The fourth-order valence-corrected chi connectivity index (χ4v) is 3.55. The molecule has 1 fully saturated rings. The zero-order valence-electron chi connectivity index (χ0n) is 16.2. The molecule has 0 aliphatic carbocycles. The minimum atomic E-state index is -0.425. The number of allylic oxidation sites excluding steroid dienone is 1. The SMILES string of the molecule is CCOC(=O)CCC1C=CN(C(=O)C(C)(C)C)C=C1[C@@H]1CCCN1C. The Kier molecular flexibility index (Phi) is 6.44. The third-order valence-corrected chi connectivity index (χ3v) is 4.94. The number of carbonyl (C=O) groups excluding carboxylic acids is 2. The summed E-state index contributed by atoms with van der Waals surface area (Å²) in [5, 5.41) is 0. The second-order valence-electron chi connectivity index (χ2n) is 8.02. The van der Waals surface area contributed by atoms with Gasteiger partial charge in [-0.25, -0.2) is 0 Å². The first kappa shape index (κ1) is 19.7. The van der Waals surface area contributed by atoms with Gasteiger partial charge in [-0.3, -0.25) is 19.4 Å². The average molecular weight is 348 g/mol. The van der Waals surface area contributed by atoms with Crippen molar-refractivity contribution < 1.29 is 14.3 Å². The molecule has 2 atom stereocenters. The van der Waals surface area contributed by atoms with Crippen LogP contribution in [0, 0.1) is 11.3 Å². The van der Waals surface area contributed by atoms with Crippen LogP contribution in [0.15, 0.2) is 24.0 Å². The number of likely N-dealkylation sites (N-methyl/N-ethyl adjacent to an activating group) is 1. The molecule has 25 heavy (non-hydrogen) atoms. The summed E-state index contributed by atoms with van der Waals surface area (Å²) in [4.78, 5) is 28.5. The largest absolute Gasteiger partial charge is 0.466 e. The van der Waals surface area contributed by atoms with Gasteiger partial charge in [0.05, 0.1) is 6.61 Å². The lowest BCUT2D eigenvalue weighted by Gasteiger charge is -2.34. The molecule has 0 aromatic carbocycles. The van der Waals surface area contributed by atoms with Crippen molar-refractivity contribution in [2.75, 3.05) is 20.2 Å². The number of carbonyl (C=O) groups is 2. The second-order valence-corrected chi connectivity index (χ2v) is 8.02. The summed E-state index contributed by atoms with van der Waals surface area (Å²) in [7, 11) is 2.13. The van der Waals surface area contributed by atoms with Crippen LogP contribution in [0.5, 0.6) is 0 Å². The summed E-state index contributed by atoms with van der Waals surface area (Å²) in [6.07, 6.45) is 9.35. The van der Waals surface area contributed by atoms with E-state index in [1.165, 1.54) is 12.0 Å². The zero-order valence-corrected chi connectivity index (χ0v) is 16.2. The van der Waals surface area contributed by atoms with Gasteiger partial charge in [-0.1, -0.05) is 26.8 Å². The van der Waals surface area contributed by atoms with Gasteiger partial charge < -0.3 is 4.74 Å². The highest BCUT2D eigenvalue weighted by molar-refractivity contribution is 5.83. The van der Waals surface area contributed by atoms with Gasteiger partial charge in [0.2, 0.25) is 5.91 Å². The van der Waals surface area contributed by atoms with E-state index < -0.39 is 5.41 Å². The smallest absolute Gasteiger partial charge is 0.305 e. The molecular formula is C20H32N2O3. The Morgan fingerprint density at radius 3 is 2.60 bits per heavy atom. The van der Waals surface area contributed by atoms with Crippen LogP contribution in [0.4, 0.5) is 0 Å². The first-order chi connectivity index (χ1) is 11.7. The molecular weight excluding hydrogens is 316 g/mol. The number of ether oxygens (including phenoxy) is 1. The molecule has 0 spiro atoms. The van der Waals surface area contributed by atoms with Crippen LogP contribution < -0.4 is 0 Å². The van der Waals surface area contributed by atoms with Gasteiger partial charge in [0, 0.05) is 36.2 Å². The molecule has 2 aliphatic heterocycles. The first-order valence-corrected chi connectivity index (χ1v) is 9.32. The minimum absolute atomic E-state index is 0.0887. The van der Waals surface area contributed by atoms with Gasteiger partial charge in [0.25, 0.3) is 0 Å². The van der Waals surface area contributed by atoms with Crippen molar-refractivity contribution in [3.8, 4) is 0 Å². The predicted molar refractivity (Wildman–Crippen MR) is 98.5 cm³/mol. The lowest BCUT2D eigenvalue weighted by molar-refractivity contribution is -0.143. The first-order valence-electron chi connectivity index (χ1n) is 9.32. The third-order valence-electron chi connectivity index (χ3n) is 4.94. The molecule has 5 heteroatoms. The molecule has 1 saturated heterocycles. The van der Waals surface area contributed by atoms with Crippen LogP contribution in [-0.4, -0.2) is 47.9 Å². The Labute approximate surface area is 151 Å². The van der Waals surface area contributed by atoms with E-state index in [1.54, 1.807) is 4.90 Å². The highest BCUT2D eigenvalue weighted by Crippen LogP contribution is 2.34. The number of nitrogens with zero attached hydrogens (tertiary/aromatic N) is 2. The van der Waals surface area contributed by atoms with Crippen LogP contribution in [-0.2, 0) is 14.3 Å². The van der Waals surface area contributed by atoms with Crippen LogP contribution in [0.25, 0.3) is 0 Å². The molecule has 0 radical (unpaired) electrons. The third kappa shape index (κ3) is 4.94. The predicted octanol–water partition coefficient (Wildman–Crippen LogP) is 3.33. The second kappa shape index (κ2) is 8.17. The fraction of sp³-hybridized carbons (Fsp3) is 0.700. The fourth-order valence-electron chi connectivity index (χ4n) is 3.55. The minimum Gasteiger partial charge on any atom is -0.466 e. The Hall–Kier alpha value is -1.62. The molecule has 0 bridgehead atoms. The topological polar surface area (TPSA) is 49.9 Å². The number of esters is 1. The molecule has 2 aliphatic rings. The molecule has 0 N–H and O–H groups in total. The molecule has 1 unspecified atom stereocenters. The summed E-state index contributed by atoms with van der Waals surface area (Å²) in [5.74, 6) is 0.118. The number of rotatable bonds is 5. The van der Waals surface area contributed by atoms with Crippen molar-refractivity contribution in [1.82, 2.24) is 9.80 Å². The molecule has 2 heterocycles. The van der Waals surface area contributed by atoms with Crippen LogP contribution >= 0.6 is 0 Å². The number of hydrogen-bond donors (Lipinski definition) is 0. The maximum absolute atomic E-state index is 12.7. The van der Waals surface area contributed by atoms with E-state index in [0.717, 1.165) is 19.4 Å². The quantitative estimate of drug-likeness (QED) is 0.715. The van der Waals surface area contributed by atoms with E-state index in [-0.39, 0.29) is 17.8 Å². The van der Waals surface area contributed by atoms with Gasteiger partial charge in [-0.2, -0.15) is 0 Å². The number of likely N-dealkylation sites (tertiary alicyclic amines) is 1. The molecule has 140 valence electrons. The van der Waals surface area contributed by atoms with Crippen molar-refractivity contribution in [1.29, 1.82) is 0 Å². The lowest BCUT2D eigenvalue weighted by atomic mass is 9.86. The summed E-state index contributed by atoms with van der Waals surface area (Å²) in [6, 6.07) is 0.340. The van der Waals surface area contributed by atoms with E-state index in [4.69, 9.17) is 4.74 Å². The standard InChI is InChI=1S/C20H32N2O3/c1-6-25-18(23)10-9-15-11-13-22(19(24)20(2,3)4)14-16(15)17-8-7-12-21(17)5/h11,13-15,17H,6-10,12H2,1-5H3/t15?,17-/m0/s1. The maximum Gasteiger partial charge on any atom is 0.305 e. The van der Waals surface area contributed by atoms with Crippen LogP contribution in [0.2, 0.25) is 0 Å². The zero-order chi connectivity index (χ0) is 18.6. The molecule has 0 aromatic heterocycles. The summed E-state index contributed by atoms with van der Waals surface area (Å²) in [6.45, 7) is 9.12. The molecule has 0 saturated carbocycles. The summed E-state index contributed by atoms with van der Waals surface area (Å²) < 4.78 is 5.06. The highest BCUT2D eigenvalue weighted by atomic mass is 16.5. The van der Waals surface area contributed by atoms with Gasteiger partial charge >= 0.3 is 5.97 Å². The molecule has 0 aromatic rings. The summed E-state index contributed by atoms with van der Waals surface area (Å²) in [5.41, 5.74) is 0.815. The lowest BCUT2D eigenvalue weighted by Crippen LogP contribution is -2.37. The van der Waals surface area contributed by atoms with E-state index >= 15 is 0 Å². The normalized spacial score (nSPS) is 24.4.